The monoisotopic (exact) mass is 626 g/mol. The van der Waals surface area contributed by atoms with Crippen LogP contribution in [0.3, 0.4) is 0 Å². The molecule has 2 aromatic carbocycles. The number of benzene rings is 2. The summed E-state index contributed by atoms with van der Waals surface area (Å²) in [6, 6.07) is 13.8. The van der Waals surface area contributed by atoms with E-state index in [0.717, 1.165) is 0 Å². The van der Waals surface area contributed by atoms with E-state index in [1.54, 1.807) is 76.2 Å². The largest absolute Gasteiger partial charge is 0.389 e. The van der Waals surface area contributed by atoms with Gasteiger partial charge in [0.1, 0.15) is 10.7 Å². The predicted molar refractivity (Wildman–Crippen MR) is 162 cm³/mol. The molecule has 15 heteroatoms. The van der Waals surface area contributed by atoms with Crippen molar-refractivity contribution in [3.63, 3.8) is 0 Å². The number of nitro groups is 2. The van der Waals surface area contributed by atoms with Crippen molar-refractivity contribution in [1.29, 1.82) is 0 Å². The number of hydrogen-bond donors (Lipinski definition) is 4. The molecule has 0 saturated carbocycles. The zero-order valence-electron chi connectivity index (χ0n) is 22.6. The molecule has 0 radical (unpaired) electrons. The fourth-order valence-corrected chi connectivity index (χ4v) is 3.99. The molecule has 0 spiro atoms. The van der Waals surface area contributed by atoms with Crippen molar-refractivity contribution in [3.05, 3.63) is 84.1 Å². The fourth-order valence-electron chi connectivity index (χ4n) is 3.11. The quantitative estimate of drug-likeness (QED) is 0.110. The Hall–Kier alpha value is -3.39. The molecule has 0 unspecified atom stereocenters. The summed E-state index contributed by atoms with van der Waals surface area (Å²) in [5, 5.41) is 44.0. The average Bonchev–Trinajstić information content (AvgIpc) is 2.86. The zero-order valence-corrected chi connectivity index (χ0v) is 24.8. The highest BCUT2D eigenvalue weighted by molar-refractivity contribution is 6.41. The summed E-state index contributed by atoms with van der Waals surface area (Å²) in [5.41, 5.74) is 4.10. The number of anilines is 1. The van der Waals surface area contributed by atoms with Crippen LogP contribution >= 0.6 is 34.8 Å². The molecule has 0 aliphatic rings. The molecule has 12 nitrogen and oxygen atoms in total. The van der Waals surface area contributed by atoms with Gasteiger partial charge in [0.15, 0.2) is 0 Å². The van der Waals surface area contributed by atoms with E-state index in [1.807, 2.05) is 0 Å². The summed E-state index contributed by atoms with van der Waals surface area (Å²) in [6.45, 7) is 7.04. The number of nitrogens with one attached hydrogen (secondary N) is 1. The van der Waals surface area contributed by atoms with Crippen LogP contribution in [0.5, 0.6) is 0 Å². The van der Waals surface area contributed by atoms with Gasteiger partial charge in [0.05, 0.1) is 32.1 Å². The minimum Gasteiger partial charge on any atom is -0.389 e. The van der Waals surface area contributed by atoms with Gasteiger partial charge < -0.3 is 21.3 Å². The van der Waals surface area contributed by atoms with Crippen molar-refractivity contribution in [3.8, 4) is 0 Å². The molecule has 4 aromatic rings. The van der Waals surface area contributed by atoms with Crippen LogP contribution < -0.4 is 11.1 Å². The number of fused-ring (bicyclic) bond motifs is 2. The Kier molecular flexibility index (Phi) is 11.5. The predicted octanol–water partition coefficient (Wildman–Crippen LogP) is 6.15. The molecule has 0 amide bonds. The van der Waals surface area contributed by atoms with Gasteiger partial charge in [-0.3, -0.25) is 20.2 Å². The molecule has 0 saturated heterocycles. The first-order chi connectivity index (χ1) is 19.0. The SMILES string of the molecule is CC(C)(O)CN.CC(C)(O)CNc1c([N+](=O)[O-])c(Cl)nc2ccccc12.O=[N+]([O-])c1c(Cl)nc2ccccc2c1Cl. The van der Waals surface area contributed by atoms with Crippen LogP contribution in [-0.2, 0) is 0 Å². The van der Waals surface area contributed by atoms with Gasteiger partial charge in [0.2, 0.25) is 10.3 Å². The van der Waals surface area contributed by atoms with Crippen LogP contribution in [0, 0.1) is 20.2 Å². The number of aromatic nitrogens is 2. The van der Waals surface area contributed by atoms with Crippen molar-refractivity contribution in [2.75, 3.05) is 18.4 Å². The van der Waals surface area contributed by atoms with Gasteiger partial charge in [-0.15, -0.1) is 0 Å². The molecule has 220 valence electrons. The van der Waals surface area contributed by atoms with E-state index in [1.165, 1.54) is 0 Å². The van der Waals surface area contributed by atoms with E-state index in [-0.39, 0.29) is 38.9 Å². The summed E-state index contributed by atoms with van der Waals surface area (Å²) in [7, 11) is 0. The van der Waals surface area contributed by atoms with Crippen LogP contribution in [0.2, 0.25) is 15.3 Å². The van der Waals surface area contributed by atoms with Crippen LogP contribution in [0.25, 0.3) is 21.8 Å². The Bertz CT molecular complexity index is 1560. The van der Waals surface area contributed by atoms with Crippen molar-refractivity contribution >= 4 is 73.7 Å². The minimum absolute atomic E-state index is 0.0237. The molecule has 0 bridgehead atoms. The van der Waals surface area contributed by atoms with Crippen molar-refractivity contribution in [2.45, 2.75) is 38.9 Å². The van der Waals surface area contributed by atoms with Gasteiger partial charge in [0.25, 0.3) is 0 Å². The maximum atomic E-state index is 11.2. The second kappa shape index (κ2) is 14.0. The number of halogens is 3. The summed E-state index contributed by atoms with van der Waals surface area (Å²) < 4.78 is 0. The number of aliphatic hydroxyl groups is 2. The molecule has 0 atom stereocenters. The smallest absolute Gasteiger partial charge is 0.329 e. The molecule has 4 rings (SSSR count). The van der Waals surface area contributed by atoms with Crippen LogP contribution in [0.15, 0.2) is 48.5 Å². The van der Waals surface area contributed by atoms with Crippen molar-refractivity contribution < 1.29 is 20.1 Å². The first-order valence-electron chi connectivity index (χ1n) is 12.0. The lowest BCUT2D eigenvalue weighted by Crippen LogP contribution is -2.29. The standard InChI is InChI=1S/C13H14ClN3O3.C9H4Cl2N2O2.C4H11NO/c1-13(2,18)7-15-10-8-5-3-4-6-9(8)16-12(14)11(10)17(19)20;10-7-5-3-1-2-4-6(5)12-9(11)8(7)13(14)15;1-4(2,6)3-5/h3-6,18H,7H2,1-2H3,(H,15,16);1-4H;6H,3,5H2,1-2H3. The van der Waals surface area contributed by atoms with Gasteiger partial charge >= 0.3 is 11.4 Å². The van der Waals surface area contributed by atoms with Gasteiger partial charge in [0, 0.05) is 23.9 Å². The second-order valence-corrected chi connectivity index (χ2v) is 11.0. The molecule has 0 aliphatic heterocycles. The summed E-state index contributed by atoms with van der Waals surface area (Å²) >= 11 is 17.4. The lowest BCUT2D eigenvalue weighted by Gasteiger charge is -2.19. The molecular formula is C26H29Cl3N6O6. The third-order valence-electron chi connectivity index (χ3n) is 5.15. The number of rotatable bonds is 6. The molecule has 41 heavy (non-hydrogen) atoms. The lowest BCUT2D eigenvalue weighted by molar-refractivity contribution is -0.384. The number of hydrogen-bond acceptors (Lipinski definition) is 10. The van der Waals surface area contributed by atoms with Crippen LogP contribution in [0.4, 0.5) is 17.1 Å². The van der Waals surface area contributed by atoms with E-state index < -0.39 is 21.0 Å². The maximum Gasteiger partial charge on any atom is 0.329 e. The Labute approximate surface area is 250 Å². The summed E-state index contributed by atoms with van der Waals surface area (Å²) in [6.07, 6.45) is 0. The van der Waals surface area contributed by atoms with Gasteiger partial charge in [-0.25, -0.2) is 9.97 Å². The van der Waals surface area contributed by atoms with Crippen LogP contribution in [0.1, 0.15) is 27.7 Å². The van der Waals surface area contributed by atoms with Crippen molar-refractivity contribution in [2.24, 2.45) is 5.73 Å². The topological polar surface area (TPSA) is 191 Å². The highest BCUT2D eigenvalue weighted by Gasteiger charge is 2.25. The third-order valence-corrected chi connectivity index (χ3v) is 6.06. The Morgan fingerprint density at radius 2 is 1.22 bits per heavy atom. The Balaban J connectivity index is 0.000000246. The van der Waals surface area contributed by atoms with E-state index in [0.29, 0.717) is 28.4 Å². The molecule has 2 heterocycles. The molecule has 0 fully saturated rings. The van der Waals surface area contributed by atoms with Gasteiger partial charge in [-0.1, -0.05) is 71.2 Å². The van der Waals surface area contributed by atoms with Crippen molar-refractivity contribution in [1.82, 2.24) is 9.97 Å². The first kappa shape index (κ1) is 33.8. The molecule has 0 aliphatic carbocycles. The van der Waals surface area contributed by atoms with E-state index in [9.17, 15) is 25.3 Å². The number of para-hydroxylation sites is 2. The fraction of sp³-hybridized carbons (Fsp3) is 0.308. The first-order valence-corrected chi connectivity index (χ1v) is 13.1. The Morgan fingerprint density at radius 3 is 1.66 bits per heavy atom. The minimum atomic E-state index is -1.01. The normalized spacial score (nSPS) is 11.3. The molecule has 2 aromatic heterocycles. The maximum absolute atomic E-state index is 11.2. The van der Waals surface area contributed by atoms with Gasteiger partial charge in [-0.2, -0.15) is 0 Å². The second-order valence-electron chi connectivity index (χ2n) is 9.92. The average molecular weight is 628 g/mol. The highest BCUT2D eigenvalue weighted by Crippen LogP contribution is 2.38. The third kappa shape index (κ3) is 9.59. The van der Waals surface area contributed by atoms with Crippen LogP contribution in [-0.4, -0.2) is 54.3 Å². The summed E-state index contributed by atoms with van der Waals surface area (Å²) in [5.74, 6) is 0. The number of nitrogens with two attached hydrogens (primary N) is 1. The number of nitrogens with zero attached hydrogens (tertiary/aromatic N) is 4. The summed E-state index contributed by atoms with van der Waals surface area (Å²) in [4.78, 5) is 28.6. The molecular weight excluding hydrogens is 599 g/mol. The Morgan fingerprint density at radius 1 is 0.805 bits per heavy atom. The highest BCUT2D eigenvalue weighted by atomic mass is 35.5. The van der Waals surface area contributed by atoms with Gasteiger partial charge in [-0.05, 0) is 39.8 Å². The lowest BCUT2D eigenvalue weighted by atomic mass is 10.1. The van der Waals surface area contributed by atoms with E-state index in [4.69, 9.17) is 45.6 Å². The molecule has 5 N–H and O–H groups in total. The van der Waals surface area contributed by atoms with E-state index in [2.05, 4.69) is 15.3 Å². The van der Waals surface area contributed by atoms with E-state index >= 15 is 0 Å². The zero-order chi connectivity index (χ0) is 31.1. The number of pyridine rings is 2.